The third-order valence-corrected chi connectivity index (χ3v) is 7.08. The first-order valence-electron chi connectivity index (χ1n) is 6.79. The highest BCUT2D eigenvalue weighted by atomic mass is 79.9. The summed E-state index contributed by atoms with van der Waals surface area (Å²) in [4.78, 5) is 17.4. The molecule has 1 aliphatic rings. The molecule has 1 aromatic carbocycles. The van der Waals surface area contributed by atoms with Gasteiger partial charge in [-0.05, 0) is 56.1 Å². The molecule has 7 heteroatoms. The quantitative estimate of drug-likeness (QED) is 0.632. The van der Waals surface area contributed by atoms with Crippen LogP contribution in [0.3, 0.4) is 0 Å². The predicted molar refractivity (Wildman–Crippen MR) is 99.3 cm³/mol. The smallest absolute Gasteiger partial charge is 0.264 e. The zero-order chi connectivity index (χ0) is 15.7. The third kappa shape index (κ3) is 3.50. The number of benzene rings is 1. The van der Waals surface area contributed by atoms with Gasteiger partial charge in [-0.2, -0.15) is 0 Å². The van der Waals surface area contributed by atoms with Crippen molar-refractivity contribution in [3.05, 3.63) is 48.5 Å². The molecule has 3 nitrogen and oxygen atoms in total. The first kappa shape index (κ1) is 16.3. The Kier molecular flexibility index (Phi) is 5.12. The Morgan fingerprint density at radius 1 is 1.14 bits per heavy atom. The van der Waals surface area contributed by atoms with Crippen LogP contribution in [0.1, 0.15) is 9.67 Å². The fourth-order valence-corrected chi connectivity index (χ4v) is 4.64. The minimum absolute atomic E-state index is 0.0992. The summed E-state index contributed by atoms with van der Waals surface area (Å²) in [5, 5.41) is 0.740. The van der Waals surface area contributed by atoms with Gasteiger partial charge in [-0.3, -0.25) is 4.79 Å². The predicted octanol–water partition coefficient (Wildman–Crippen LogP) is 4.89. The van der Waals surface area contributed by atoms with Crippen molar-refractivity contribution in [3.8, 4) is 0 Å². The third-order valence-electron chi connectivity index (χ3n) is 3.60. The van der Waals surface area contributed by atoms with Gasteiger partial charge in [0.2, 0.25) is 0 Å². The monoisotopic (exact) mass is 462 g/mol. The Bertz CT molecular complexity index is 679. The summed E-state index contributed by atoms with van der Waals surface area (Å²) in [6.45, 7) is 3.08. The molecule has 0 N–H and O–H groups in total. The summed E-state index contributed by atoms with van der Waals surface area (Å²) in [5.41, 5.74) is 1.11. The lowest BCUT2D eigenvalue weighted by atomic mass is 10.2. The highest BCUT2D eigenvalue weighted by Gasteiger charge is 2.24. The summed E-state index contributed by atoms with van der Waals surface area (Å²) in [6, 6.07) is 9.72. The van der Waals surface area contributed by atoms with E-state index in [1.165, 1.54) is 11.3 Å². The standard InChI is InChI=1S/C15H13Br2ClN2OS/c16-12-9-13(22-14(12)17)15(21)20-6-4-19(5-7-20)11-3-1-2-10(18)8-11/h1-3,8-9H,4-7H2. The number of anilines is 1. The molecular weight excluding hydrogens is 452 g/mol. The average molecular weight is 465 g/mol. The summed E-state index contributed by atoms with van der Waals surface area (Å²) < 4.78 is 1.88. The average Bonchev–Trinajstić information content (AvgIpc) is 2.86. The van der Waals surface area contributed by atoms with Crippen LogP contribution in [0.2, 0.25) is 5.02 Å². The summed E-state index contributed by atoms with van der Waals surface area (Å²) >= 11 is 14.4. The molecule has 1 aromatic heterocycles. The van der Waals surface area contributed by atoms with Crippen LogP contribution < -0.4 is 4.90 Å². The molecular formula is C15H13Br2ClN2OS. The van der Waals surface area contributed by atoms with Crippen molar-refractivity contribution in [2.75, 3.05) is 31.1 Å². The lowest BCUT2D eigenvalue weighted by molar-refractivity contribution is 0.0751. The van der Waals surface area contributed by atoms with E-state index in [0.717, 1.165) is 50.0 Å². The van der Waals surface area contributed by atoms with Crippen LogP contribution in [0, 0.1) is 0 Å². The molecule has 1 fully saturated rings. The summed E-state index contributed by atoms with van der Waals surface area (Å²) in [6.07, 6.45) is 0. The van der Waals surface area contributed by atoms with Crippen molar-refractivity contribution in [2.45, 2.75) is 0 Å². The molecule has 22 heavy (non-hydrogen) atoms. The number of nitrogens with zero attached hydrogens (tertiary/aromatic N) is 2. The molecule has 0 radical (unpaired) electrons. The lowest BCUT2D eigenvalue weighted by Gasteiger charge is -2.36. The molecule has 1 aliphatic heterocycles. The topological polar surface area (TPSA) is 23.6 Å². The van der Waals surface area contributed by atoms with Gasteiger partial charge in [0.05, 0.1) is 8.66 Å². The Morgan fingerprint density at radius 2 is 1.86 bits per heavy atom. The van der Waals surface area contributed by atoms with Crippen molar-refractivity contribution in [1.82, 2.24) is 4.90 Å². The largest absolute Gasteiger partial charge is 0.368 e. The van der Waals surface area contributed by atoms with Crippen LogP contribution in [0.15, 0.2) is 38.6 Å². The first-order chi connectivity index (χ1) is 10.5. The molecule has 0 aliphatic carbocycles. The van der Waals surface area contributed by atoms with Crippen LogP contribution in [0.4, 0.5) is 5.69 Å². The zero-order valence-corrected chi connectivity index (χ0v) is 16.3. The van der Waals surface area contributed by atoms with E-state index in [1.807, 2.05) is 29.2 Å². The van der Waals surface area contributed by atoms with Crippen molar-refractivity contribution in [1.29, 1.82) is 0 Å². The maximum Gasteiger partial charge on any atom is 0.264 e. The number of thiophene rings is 1. The molecule has 0 spiro atoms. The van der Waals surface area contributed by atoms with Gasteiger partial charge in [-0.1, -0.05) is 17.7 Å². The number of amides is 1. The van der Waals surface area contributed by atoms with Gasteiger partial charge < -0.3 is 9.80 Å². The van der Waals surface area contributed by atoms with E-state index in [1.54, 1.807) is 0 Å². The molecule has 2 heterocycles. The second-order valence-electron chi connectivity index (χ2n) is 4.99. The molecule has 3 rings (SSSR count). The second kappa shape index (κ2) is 6.91. The molecule has 1 amide bonds. The van der Waals surface area contributed by atoms with Gasteiger partial charge in [0, 0.05) is 41.4 Å². The molecule has 0 bridgehead atoms. The minimum Gasteiger partial charge on any atom is -0.368 e. The summed E-state index contributed by atoms with van der Waals surface area (Å²) in [7, 11) is 0. The van der Waals surface area contributed by atoms with E-state index in [4.69, 9.17) is 11.6 Å². The molecule has 1 saturated heterocycles. The zero-order valence-electron chi connectivity index (χ0n) is 11.6. The van der Waals surface area contributed by atoms with Crippen LogP contribution in [0.25, 0.3) is 0 Å². The van der Waals surface area contributed by atoms with Crippen LogP contribution in [-0.4, -0.2) is 37.0 Å². The first-order valence-corrected chi connectivity index (χ1v) is 9.57. The van der Waals surface area contributed by atoms with Crippen molar-refractivity contribution in [2.24, 2.45) is 0 Å². The number of carbonyl (C=O) groups is 1. The van der Waals surface area contributed by atoms with Gasteiger partial charge in [0.1, 0.15) is 0 Å². The van der Waals surface area contributed by atoms with E-state index in [9.17, 15) is 4.79 Å². The maximum absolute atomic E-state index is 12.5. The number of piperazine rings is 1. The van der Waals surface area contributed by atoms with Crippen molar-refractivity contribution < 1.29 is 4.79 Å². The van der Waals surface area contributed by atoms with Gasteiger partial charge >= 0.3 is 0 Å². The highest BCUT2D eigenvalue weighted by molar-refractivity contribution is 9.13. The van der Waals surface area contributed by atoms with Gasteiger partial charge in [0.25, 0.3) is 5.91 Å². The number of carbonyl (C=O) groups excluding carboxylic acids is 1. The van der Waals surface area contributed by atoms with Gasteiger partial charge in [-0.25, -0.2) is 0 Å². The SMILES string of the molecule is O=C(c1cc(Br)c(Br)s1)N1CCN(c2cccc(Cl)c2)CC1. The molecule has 0 saturated carbocycles. The van der Waals surface area contributed by atoms with Crippen LogP contribution in [0.5, 0.6) is 0 Å². The lowest BCUT2D eigenvalue weighted by Crippen LogP contribution is -2.48. The van der Waals surface area contributed by atoms with Gasteiger partial charge in [0.15, 0.2) is 0 Å². The van der Waals surface area contributed by atoms with Crippen LogP contribution in [-0.2, 0) is 0 Å². The fourth-order valence-electron chi connectivity index (χ4n) is 2.45. The fraction of sp³-hybridized carbons (Fsp3) is 0.267. The van der Waals surface area contributed by atoms with E-state index in [0.29, 0.717) is 0 Å². The molecule has 116 valence electrons. The number of rotatable bonds is 2. The molecule has 0 unspecified atom stereocenters. The normalized spacial score (nSPS) is 15.2. The van der Waals surface area contributed by atoms with Crippen molar-refractivity contribution in [3.63, 3.8) is 0 Å². The Balaban J connectivity index is 1.65. The van der Waals surface area contributed by atoms with E-state index >= 15 is 0 Å². The number of hydrogen-bond donors (Lipinski definition) is 0. The Hall–Kier alpha value is -0.560. The van der Waals surface area contributed by atoms with Crippen molar-refractivity contribution >= 4 is 66.4 Å². The Labute approximate surface area is 155 Å². The van der Waals surface area contributed by atoms with Crippen LogP contribution >= 0.6 is 54.8 Å². The maximum atomic E-state index is 12.5. The minimum atomic E-state index is 0.0992. The summed E-state index contributed by atoms with van der Waals surface area (Å²) in [5.74, 6) is 0.0992. The van der Waals surface area contributed by atoms with E-state index in [2.05, 4.69) is 42.8 Å². The van der Waals surface area contributed by atoms with E-state index in [-0.39, 0.29) is 5.91 Å². The second-order valence-corrected chi connectivity index (χ2v) is 8.65. The molecule has 0 atom stereocenters. The Morgan fingerprint density at radius 3 is 2.45 bits per heavy atom. The number of hydrogen-bond acceptors (Lipinski definition) is 3. The number of halogens is 3. The van der Waals surface area contributed by atoms with E-state index < -0.39 is 0 Å². The van der Waals surface area contributed by atoms with Gasteiger partial charge in [-0.15, -0.1) is 11.3 Å². The highest BCUT2D eigenvalue weighted by Crippen LogP contribution is 2.33. The molecule has 2 aromatic rings.